The van der Waals surface area contributed by atoms with Crippen LogP contribution in [-0.4, -0.2) is 0 Å². The Bertz CT molecular complexity index is 1850. The SMILES string of the molecule is C/C=C\C1CC(C)C2CC=CC12.C=C.CC1CC(/C=C\C2CC(/C=C\C3CC(C4CCC4C4CC(C5CCC5C)C5C6CCC6CC45)C4C=CCC34)C3C2CC2CCC23)C2C=CCC12. The monoisotopic (exact) mass is 861 g/mol. The molecule has 11 saturated carbocycles. The normalized spacial score (nSPS) is 57.2. The van der Waals surface area contributed by atoms with Crippen molar-refractivity contribution in [2.75, 3.05) is 0 Å². The van der Waals surface area contributed by atoms with Crippen molar-refractivity contribution in [3.05, 3.63) is 86.1 Å². The maximum atomic E-state index is 3.00. The third-order valence-electron chi connectivity index (χ3n) is 24.7. The maximum Gasteiger partial charge on any atom is -0.0137 e. The van der Waals surface area contributed by atoms with Crippen LogP contribution in [0.1, 0.15) is 143 Å². The summed E-state index contributed by atoms with van der Waals surface area (Å²) in [6.45, 7) is 15.7. The Balaban J connectivity index is 0.000000267. The predicted molar refractivity (Wildman–Crippen MR) is 270 cm³/mol. The van der Waals surface area contributed by atoms with Crippen molar-refractivity contribution in [1.29, 1.82) is 0 Å². The van der Waals surface area contributed by atoms with Gasteiger partial charge in [-0.2, -0.15) is 0 Å². The third kappa shape index (κ3) is 7.03. The van der Waals surface area contributed by atoms with Gasteiger partial charge >= 0.3 is 0 Å². The molecule has 14 rings (SSSR count). The van der Waals surface area contributed by atoms with Gasteiger partial charge in [-0.15, -0.1) is 13.2 Å². The van der Waals surface area contributed by atoms with E-state index < -0.39 is 0 Å². The largest absolute Gasteiger partial charge is 0.106 e. The number of hydrogen-bond donors (Lipinski definition) is 0. The fourth-order valence-corrected chi connectivity index (χ4v) is 21.5. The van der Waals surface area contributed by atoms with Crippen LogP contribution in [0, 0.1) is 166 Å². The van der Waals surface area contributed by atoms with E-state index in [0.717, 1.165) is 166 Å². The highest BCUT2D eigenvalue weighted by Gasteiger charge is 2.63. The Hall–Kier alpha value is -1.82. The quantitative estimate of drug-likeness (QED) is 0.213. The molecule has 0 heteroatoms. The molecule has 0 aromatic carbocycles. The van der Waals surface area contributed by atoms with Gasteiger partial charge in [0.25, 0.3) is 0 Å². The molecule has 0 aromatic rings. The zero-order chi connectivity index (χ0) is 43.4. The van der Waals surface area contributed by atoms with E-state index in [0.29, 0.717) is 0 Å². The summed E-state index contributed by atoms with van der Waals surface area (Å²) in [6.07, 6.45) is 58.7. The third-order valence-corrected chi connectivity index (χ3v) is 24.7. The molecular formula is C64H92. The summed E-state index contributed by atoms with van der Waals surface area (Å²) < 4.78 is 0. The van der Waals surface area contributed by atoms with Crippen LogP contribution in [-0.2, 0) is 0 Å². The lowest BCUT2D eigenvalue weighted by Crippen LogP contribution is -2.40. The molecule has 64 heavy (non-hydrogen) atoms. The molecule has 0 spiro atoms. The molecule has 0 nitrogen and oxygen atoms in total. The minimum atomic E-state index is 0.823. The Kier molecular flexibility index (Phi) is 12.0. The first-order chi connectivity index (χ1) is 31.4. The summed E-state index contributed by atoms with van der Waals surface area (Å²) >= 11 is 0. The van der Waals surface area contributed by atoms with Gasteiger partial charge in [0.15, 0.2) is 0 Å². The second-order valence-corrected chi connectivity index (χ2v) is 26.5. The van der Waals surface area contributed by atoms with Crippen LogP contribution in [0.2, 0.25) is 0 Å². The summed E-state index contributed by atoms with van der Waals surface area (Å²) in [7, 11) is 0. The van der Waals surface area contributed by atoms with Gasteiger partial charge < -0.3 is 0 Å². The highest BCUT2D eigenvalue weighted by atomic mass is 14.7. The highest BCUT2D eigenvalue weighted by molar-refractivity contribution is 5.21. The molecule has 348 valence electrons. The van der Waals surface area contributed by atoms with E-state index in [1.54, 1.807) is 70.6 Å². The van der Waals surface area contributed by atoms with Crippen LogP contribution in [0.3, 0.4) is 0 Å². The van der Waals surface area contributed by atoms with Crippen molar-refractivity contribution >= 4 is 0 Å². The van der Waals surface area contributed by atoms with Crippen molar-refractivity contribution in [3.8, 4) is 0 Å². The highest BCUT2D eigenvalue weighted by Crippen LogP contribution is 2.70. The van der Waals surface area contributed by atoms with Crippen molar-refractivity contribution in [2.24, 2.45) is 166 Å². The number of allylic oxidation sites excluding steroid dienone is 12. The first-order valence-corrected chi connectivity index (χ1v) is 28.9. The Morgan fingerprint density at radius 1 is 0.344 bits per heavy atom. The van der Waals surface area contributed by atoms with Gasteiger partial charge in [0.2, 0.25) is 0 Å². The maximum absolute atomic E-state index is 3.00. The van der Waals surface area contributed by atoms with Gasteiger partial charge in [0.05, 0.1) is 0 Å². The average molecular weight is 861 g/mol. The fourth-order valence-electron chi connectivity index (χ4n) is 21.5. The molecule has 14 aliphatic carbocycles. The minimum Gasteiger partial charge on any atom is -0.106 e. The zero-order valence-corrected chi connectivity index (χ0v) is 41.2. The molecule has 28 unspecified atom stereocenters. The van der Waals surface area contributed by atoms with Gasteiger partial charge in [-0.3, -0.25) is 0 Å². The number of hydrogen-bond acceptors (Lipinski definition) is 0. The summed E-state index contributed by atoms with van der Waals surface area (Å²) in [5, 5.41) is 0. The summed E-state index contributed by atoms with van der Waals surface area (Å²) in [6, 6.07) is 0. The van der Waals surface area contributed by atoms with E-state index in [1.807, 2.05) is 0 Å². The summed E-state index contributed by atoms with van der Waals surface area (Å²) in [4.78, 5) is 0. The lowest BCUT2D eigenvalue weighted by atomic mass is 9.57. The molecule has 0 bridgehead atoms. The molecule has 28 atom stereocenters. The van der Waals surface area contributed by atoms with Gasteiger partial charge in [0.1, 0.15) is 0 Å². The van der Waals surface area contributed by atoms with Crippen molar-refractivity contribution in [2.45, 2.75) is 143 Å². The van der Waals surface area contributed by atoms with Crippen LogP contribution >= 0.6 is 0 Å². The Morgan fingerprint density at radius 3 is 1.45 bits per heavy atom. The summed E-state index contributed by atoms with van der Waals surface area (Å²) in [5.41, 5.74) is 0. The van der Waals surface area contributed by atoms with E-state index in [4.69, 9.17) is 0 Å². The van der Waals surface area contributed by atoms with Crippen molar-refractivity contribution in [3.63, 3.8) is 0 Å². The molecule has 0 saturated heterocycles. The zero-order valence-electron chi connectivity index (χ0n) is 41.2. The van der Waals surface area contributed by atoms with Gasteiger partial charge in [-0.05, 0) is 282 Å². The van der Waals surface area contributed by atoms with Gasteiger partial charge in [-0.25, -0.2) is 0 Å². The molecular weight excluding hydrogens is 769 g/mol. The minimum absolute atomic E-state index is 0.823. The van der Waals surface area contributed by atoms with Crippen LogP contribution in [0.4, 0.5) is 0 Å². The van der Waals surface area contributed by atoms with Gasteiger partial charge in [0, 0.05) is 0 Å². The van der Waals surface area contributed by atoms with E-state index >= 15 is 0 Å². The molecule has 0 amide bonds. The second kappa shape index (κ2) is 17.6. The van der Waals surface area contributed by atoms with E-state index in [9.17, 15) is 0 Å². The fraction of sp³-hybridized carbons (Fsp3) is 0.781. The molecule has 11 fully saturated rings. The first kappa shape index (κ1) is 43.5. The van der Waals surface area contributed by atoms with Crippen LogP contribution < -0.4 is 0 Å². The second-order valence-electron chi connectivity index (χ2n) is 26.5. The van der Waals surface area contributed by atoms with E-state index in [1.165, 1.54) is 44.9 Å². The lowest BCUT2D eigenvalue weighted by molar-refractivity contribution is 0.0183. The predicted octanol–water partition coefficient (Wildman–Crippen LogP) is 16.7. The first-order valence-electron chi connectivity index (χ1n) is 28.9. The van der Waals surface area contributed by atoms with Crippen LogP contribution in [0.15, 0.2) is 86.1 Å². The lowest BCUT2D eigenvalue weighted by Gasteiger charge is -2.48. The molecule has 0 aliphatic heterocycles. The standard InChI is InChI=1S/C50H70.C12H18.C2H4/c1-27-9-16-36(27)48-26-46(47-25-33-15-18-40(33)50(47)48)43-20-19-42(43)45-24-31(38-7-4-8-41(38)45)12-13-34-22-30(44-23-32-14-17-39(32)49(34)44)11-10-29-21-28(2)35-5-3-6-37(29)35;1-3-5-10-8-9(2)11-6-4-7-12(10)11;1-2/h3-4,6,8,10-13,27-50H,5,7,9,14-26H2,1-2H3;3-5,7,9-12H,6,8H2,1-2H3;1-2H2/b11-10-,13-12-;5-3-;. The van der Waals surface area contributed by atoms with E-state index in [2.05, 4.69) is 114 Å². The van der Waals surface area contributed by atoms with Crippen molar-refractivity contribution in [1.82, 2.24) is 0 Å². The molecule has 0 aromatic heterocycles. The number of fused-ring (bicyclic) bond motifs is 9. The molecule has 14 aliphatic rings. The van der Waals surface area contributed by atoms with Crippen LogP contribution in [0.25, 0.3) is 0 Å². The Morgan fingerprint density at radius 2 is 0.859 bits per heavy atom. The smallest absolute Gasteiger partial charge is 0.0137 e. The average Bonchev–Trinajstić information content (AvgIpc) is 4.12. The molecule has 0 radical (unpaired) electrons. The molecule has 0 heterocycles. The Labute approximate surface area is 393 Å². The van der Waals surface area contributed by atoms with E-state index in [-0.39, 0.29) is 0 Å². The molecule has 0 N–H and O–H groups in total. The van der Waals surface area contributed by atoms with Gasteiger partial charge in [-0.1, -0.05) is 100 Å². The van der Waals surface area contributed by atoms with Crippen LogP contribution in [0.5, 0.6) is 0 Å². The summed E-state index contributed by atoms with van der Waals surface area (Å²) in [5.74, 6) is 27.9. The van der Waals surface area contributed by atoms with Crippen molar-refractivity contribution < 1.29 is 0 Å². The number of rotatable bonds is 8. The topological polar surface area (TPSA) is 0 Å².